The molecule has 0 aliphatic heterocycles. The van der Waals surface area contributed by atoms with Crippen molar-refractivity contribution >= 4 is 27.8 Å². The Kier molecular flexibility index (Phi) is 7.97. The molecule has 3 aromatic carbocycles. The number of hydrazone groups is 1. The van der Waals surface area contributed by atoms with E-state index in [4.69, 9.17) is 4.74 Å². The molecule has 1 amide bonds. The molecule has 0 aliphatic carbocycles. The van der Waals surface area contributed by atoms with E-state index in [-0.39, 0.29) is 4.90 Å². The normalized spacial score (nSPS) is 11.5. The van der Waals surface area contributed by atoms with E-state index < -0.39 is 22.5 Å². The Labute approximate surface area is 223 Å². The minimum atomic E-state index is -4.03. The number of ether oxygens (including phenoxy) is 1. The van der Waals surface area contributed by atoms with E-state index in [0.717, 1.165) is 26.9 Å². The fourth-order valence-electron chi connectivity index (χ4n) is 4.13. The first-order valence-electron chi connectivity index (χ1n) is 12.0. The number of para-hydroxylation sites is 1. The third kappa shape index (κ3) is 5.78. The zero-order chi connectivity index (χ0) is 27.3. The van der Waals surface area contributed by atoms with Crippen molar-refractivity contribution in [2.75, 3.05) is 18.0 Å². The van der Waals surface area contributed by atoms with Crippen molar-refractivity contribution in [1.29, 1.82) is 0 Å². The van der Waals surface area contributed by atoms with Gasteiger partial charge in [-0.05, 0) is 75.4 Å². The number of aryl methyl sites for hydroxylation is 2. The van der Waals surface area contributed by atoms with Crippen LogP contribution < -0.4 is 14.5 Å². The predicted molar refractivity (Wildman–Crippen MR) is 150 cm³/mol. The van der Waals surface area contributed by atoms with Gasteiger partial charge >= 0.3 is 0 Å². The van der Waals surface area contributed by atoms with Crippen LogP contribution in [0.3, 0.4) is 0 Å². The Morgan fingerprint density at radius 3 is 2.26 bits per heavy atom. The lowest BCUT2D eigenvalue weighted by molar-refractivity contribution is -0.119. The molecule has 0 spiro atoms. The van der Waals surface area contributed by atoms with Crippen LogP contribution in [-0.4, -0.2) is 38.8 Å². The van der Waals surface area contributed by atoms with Crippen LogP contribution in [0, 0.1) is 20.8 Å². The van der Waals surface area contributed by atoms with Gasteiger partial charge < -0.3 is 9.30 Å². The Morgan fingerprint density at radius 2 is 1.63 bits per heavy atom. The van der Waals surface area contributed by atoms with Crippen molar-refractivity contribution < 1.29 is 17.9 Å². The second-order valence-electron chi connectivity index (χ2n) is 8.81. The summed E-state index contributed by atoms with van der Waals surface area (Å²) in [4.78, 5) is 12.9. The number of carbonyl (C=O) groups excluding carboxylic acids is 1. The number of benzene rings is 3. The Balaban J connectivity index is 1.53. The molecule has 0 bridgehead atoms. The second kappa shape index (κ2) is 11.4. The van der Waals surface area contributed by atoms with E-state index in [2.05, 4.69) is 39.4 Å². The molecular weight excluding hydrogens is 500 g/mol. The number of hydrogen-bond acceptors (Lipinski definition) is 5. The first-order chi connectivity index (χ1) is 18.2. The molecular formula is C29H30N4O4S. The molecule has 9 heteroatoms. The Bertz CT molecular complexity index is 1540. The number of hydrogen-bond donors (Lipinski definition) is 1. The minimum absolute atomic E-state index is 0.0435. The third-order valence-electron chi connectivity index (χ3n) is 6.13. The summed E-state index contributed by atoms with van der Waals surface area (Å²) in [5.41, 5.74) is 7.89. The SMILES string of the molecule is COc1ccc(S(=O)(=O)N(CC(=O)N/N=C\c2cc(C)n(-c3ccc(C)cc3)c2C)c2ccccc2)cc1. The van der Waals surface area contributed by atoms with Gasteiger partial charge in [-0.3, -0.25) is 9.10 Å². The van der Waals surface area contributed by atoms with E-state index in [1.807, 2.05) is 26.8 Å². The molecule has 4 rings (SSSR count). The number of methoxy groups -OCH3 is 1. The van der Waals surface area contributed by atoms with Gasteiger partial charge in [-0.15, -0.1) is 0 Å². The Hall–Kier alpha value is -4.37. The average Bonchev–Trinajstić information content (AvgIpc) is 3.20. The summed E-state index contributed by atoms with van der Waals surface area (Å²) in [6.07, 6.45) is 1.57. The molecule has 0 unspecified atom stereocenters. The number of nitrogens with one attached hydrogen (secondary N) is 1. The third-order valence-corrected chi connectivity index (χ3v) is 7.92. The van der Waals surface area contributed by atoms with Crippen LogP contribution in [0.5, 0.6) is 5.75 Å². The highest BCUT2D eigenvalue weighted by atomic mass is 32.2. The molecule has 0 radical (unpaired) electrons. The van der Waals surface area contributed by atoms with Crippen molar-refractivity contribution in [3.05, 3.63) is 107 Å². The highest BCUT2D eigenvalue weighted by molar-refractivity contribution is 7.92. The van der Waals surface area contributed by atoms with Crippen LogP contribution in [0.1, 0.15) is 22.5 Å². The number of nitrogens with zero attached hydrogens (tertiary/aromatic N) is 3. The first kappa shape index (κ1) is 26.7. The van der Waals surface area contributed by atoms with Crippen molar-refractivity contribution in [2.24, 2.45) is 5.10 Å². The fourth-order valence-corrected chi connectivity index (χ4v) is 5.55. The summed E-state index contributed by atoms with van der Waals surface area (Å²) in [7, 11) is -2.53. The largest absolute Gasteiger partial charge is 0.497 e. The topological polar surface area (TPSA) is 93.0 Å². The first-order valence-corrected chi connectivity index (χ1v) is 13.4. The molecule has 0 saturated carbocycles. The van der Waals surface area contributed by atoms with Gasteiger partial charge in [0.2, 0.25) is 0 Å². The number of aromatic nitrogens is 1. The molecule has 8 nitrogen and oxygen atoms in total. The van der Waals surface area contributed by atoms with Crippen LogP contribution in [0.25, 0.3) is 5.69 Å². The lowest BCUT2D eigenvalue weighted by atomic mass is 10.2. The van der Waals surface area contributed by atoms with Gasteiger partial charge in [0.05, 0.1) is 23.9 Å². The zero-order valence-corrected chi connectivity index (χ0v) is 22.6. The average molecular weight is 531 g/mol. The van der Waals surface area contributed by atoms with Crippen LogP contribution in [0.2, 0.25) is 0 Å². The summed E-state index contributed by atoms with van der Waals surface area (Å²) in [5.74, 6) is -0.0430. The summed E-state index contributed by atoms with van der Waals surface area (Å²) in [6.45, 7) is 5.58. The maximum absolute atomic E-state index is 13.5. The van der Waals surface area contributed by atoms with Crippen molar-refractivity contribution in [3.63, 3.8) is 0 Å². The lowest BCUT2D eigenvalue weighted by Gasteiger charge is -2.23. The van der Waals surface area contributed by atoms with Crippen molar-refractivity contribution in [2.45, 2.75) is 25.7 Å². The standard InChI is InChI=1S/C29H30N4O4S/c1-21-10-12-26(13-11-21)33-22(2)18-24(23(33)3)19-30-31-29(34)20-32(25-8-6-5-7-9-25)38(35,36)28-16-14-27(37-4)15-17-28/h5-19H,20H2,1-4H3,(H,31,34)/b30-19-. The monoisotopic (exact) mass is 530 g/mol. The van der Waals surface area contributed by atoms with Crippen LogP contribution in [0.15, 0.2) is 94.9 Å². The summed E-state index contributed by atoms with van der Waals surface area (Å²) in [5, 5.41) is 4.11. The predicted octanol–water partition coefficient (Wildman–Crippen LogP) is 4.76. The molecule has 0 atom stereocenters. The van der Waals surface area contributed by atoms with E-state index in [1.165, 1.54) is 24.8 Å². The van der Waals surface area contributed by atoms with E-state index >= 15 is 0 Å². The highest BCUT2D eigenvalue weighted by Gasteiger charge is 2.27. The van der Waals surface area contributed by atoms with Gasteiger partial charge in [-0.2, -0.15) is 5.10 Å². The number of carbonyl (C=O) groups is 1. The Morgan fingerprint density at radius 1 is 0.974 bits per heavy atom. The van der Waals surface area contributed by atoms with Crippen molar-refractivity contribution in [1.82, 2.24) is 9.99 Å². The summed E-state index contributed by atoms with van der Waals surface area (Å²) >= 11 is 0. The number of rotatable bonds is 9. The molecule has 1 heterocycles. The van der Waals surface area contributed by atoms with Gasteiger partial charge in [-0.25, -0.2) is 13.8 Å². The lowest BCUT2D eigenvalue weighted by Crippen LogP contribution is -2.39. The van der Waals surface area contributed by atoms with Gasteiger partial charge in [0.1, 0.15) is 12.3 Å². The highest BCUT2D eigenvalue weighted by Crippen LogP contribution is 2.25. The smallest absolute Gasteiger partial charge is 0.264 e. The molecule has 0 saturated heterocycles. The number of amides is 1. The van der Waals surface area contributed by atoms with Crippen molar-refractivity contribution in [3.8, 4) is 11.4 Å². The molecule has 1 aromatic heterocycles. The van der Waals surface area contributed by atoms with Gasteiger partial charge in [0.15, 0.2) is 0 Å². The maximum atomic E-state index is 13.5. The molecule has 0 fully saturated rings. The number of anilines is 1. The molecule has 1 N–H and O–H groups in total. The van der Waals surface area contributed by atoms with Crippen LogP contribution in [-0.2, 0) is 14.8 Å². The van der Waals surface area contributed by atoms with E-state index in [0.29, 0.717) is 11.4 Å². The fraction of sp³-hybridized carbons (Fsp3) is 0.172. The molecule has 0 aliphatic rings. The van der Waals surface area contributed by atoms with E-state index in [1.54, 1.807) is 48.7 Å². The van der Waals surface area contributed by atoms with Crippen LogP contribution >= 0.6 is 0 Å². The quantitative estimate of drug-likeness (QED) is 0.250. The van der Waals surface area contributed by atoms with Crippen LogP contribution in [0.4, 0.5) is 5.69 Å². The minimum Gasteiger partial charge on any atom is -0.497 e. The summed E-state index contributed by atoms with van der Waals surface area (Å²) < 4.78 is 35.2. The maximum Gasteiger partial charge on any atom is 0.264 e. The number of sulfonamides is 1. The van der Waals surface area contributed by atoms with Gasteiger partial charge in [0, 0.05) is 22.6 Å². The molecule has 196 valence electrons. The second-order valence-corrected chi connectivity index (χ2v) is 10.7. The van der Waals surface area contributed by atoms with Gasteiger partial charge in [-0.1, -0.05) is 35.9 Å². The molecule has 38 heavy (non-hydrogen) atoms. The summed E-state index contributed by atoms with van der Waals surface area (Å²) in [6, 6.07) is 24.7. The molecule has 4 aromatic rings. The van der Waals surface area contributed by atoms with E-state index in [9.17, 15) is 13.2 Å². The zero-order valence-electron chi connectivity index (χ0n) is 21.8. The van der Waals surface area contributed by atoms with Gasteiger partial charge in [0.25, 0.3) is 15.9 Å².